The summed E-state index contributed by atoms with van der Waals surface area (Å²) in [7, 11) is 0. The summed E-state index contributed by atoms with van der Waals surface area (Å²) in [6.45, 7) is 3.53. The van der Waals surface area contributed by atoms with Crippen molar-refractivity contribution in [1.29, 1.82) is 0 Å². The number of primary amides is 1. The first-order chi connectivity index (χ1) is 5.95. The maximum Gasteiger partial charge on any atom is 0.306 e. The van der Waals surface area contributed by atoms with Crippen LogP contribution in [0.1, 0.15) is 33.1 Å². The van der Waals surface area contributed by atoms with Gasteiger partial charge in [-0.2, -0.15) is 0 Å². The highest BCUT2D eigenvalue weighted by atomic mass is 35.5. The van der Waals surface area contributed by atoms with Crippen LogP contribution in [0, 0.1) is 11.8 Å². The van der Waals surface area contributed by atoms with Gasteiger partial charge in [-0.3, -0.25) is 9.59 Å². The van der Waals surface area contributed by atoms with E-state index in [0.717, 1.165) is 19.3 Å². The number of carboxylic acids is 1. The summed E-state index contributed by atoms with van der Waals surface area (Å²) in [6.07, 6.45) is 2.90. The highest BCUT2D eigenvalue weighted by Gasteiger charge is 2.23. The molecule has 1 aliphatic rings. The number of carbonyl (C=O) groups excluding carboxylic acids is 1. The monoisotopic (exact) mass is 223 g/mol. The molecule has 4 nitrogen and oxygen atoms in total. The van der Waals surface area contributed by atoms with Crippen molar-refractivity contribution in [3.05, 3.63) is 0 Å². The number of carboxylic acid groups (broad SMARTS) is 1. The molecule has 0 unspecified atom stereocenters. The van der Waals surface area contributed by atoms with Crippen molar-refractivity contribution >= 4 is 24.3 Å². The SMILES string of the molecule is CC(C)C(N)=O.Cl.O=C(O)C1CCC1. The molecule has 0 heterocycles. The second-order valence-electron chi connectivity index (χ2n) is 3.52. The van der Waals surface area contributed by atoms with Crippen LogP contribution in [-0.2, 0) is 9.59 Å². The first kappa shape index (κ1) is 15.7. The van der Waals surface area contributed by atoms with Gasteiger partial charge in [0.05, 0.1) is 5.92 Å². The van der Waals surface area contributed by atoms with Gasteiger partial charge in [-0.25, -0.2) is 0 Å². The molecule has 5 heteroatoms. The van der Waals surface area contributed by atoms with E-state index in [1.807, 2.05) is 0 Å². The lowest BCUT2D eigenvalue weighted by atomic mass is 9.86. The Kier molecular flexibility index (Phi) is 8.54. The van der Waals surface area contributed by atoms with Crippen molar-refractivity contribution in [2.75, 3.05) is 0 Å². The van der Waals surface area contributed by atoms with Gasteiger partial charge in [-0.05, 0) is 12.8 Å². The van der Waals surface area contributed by atoms with E-state index in [4.69, 9.17) is 10.8 Å². The minimum absolute atomic E-state index is 0. The van der Waals surface area contributed by atoms with Crippen LogP contribution in [0.15, 0.2) is 0 Å². The Morgan fingerprint density at radius 1 is 1.36 bits per heavy atom. The van der Waals surface area contributed by atoms with Gasteiger partial charge < -0.3 is 10.8 Å². The summed E-state index contributed by atoms with van der Waals surface area (Å²) in [4.78, 5) is 19.9. The molecule has 0 bridgehead atoms. The van der Waals surface area contributed by atoms with Crippen LogP contribution >= 0.6 is 12.4 Å². The number of halogens is 1. The number of aliphatic carboxylic acids is 1. The summed E-state index contributed by atoms with van der Waals surface area (Å²) < 4.78 is 0. The maximum atomic E-state index is 9.98. The summed E-state index contributed by atoms with van der Waals surface area (Å²) in [5, 5.41) is 8.23. The van der Waals surface area contributed by atoms with E-state index < -0.39 is 5.97 Å². The van der Waals surface area contributed by atoms with Gasteiger partial charge in [-0.15, -0.1) is 12.4 Å². The van der Waals surface area contributed by atoms with Crippen molar-refractivity contribution in [2.45, 2.75) is 33.1 Å². The second kappa shape index (κ2) is 7.62. The number of carbonyl (C=O) groups is 2. The molecule has 0 aromatic rings. The number of hydrogen-bond donors (Lipinski definition) is 2. The van der Waals surface area contributed by atoms with Gasteiger partial charge in [0.25, 0.3) is 0 Å². The third-order valence-corrected chi connectivity index (χ3v) is 2.02. The van der Waals surface area contributed by atoms with Crippen molar-refractivity contribution < 1.29 is 14.7 Å². The molecule has 0 spiro atoms. The third-order valence-electron chi connectivity index (χ3n) is 2.02. The Balaban J connectivity index is 0. The van der Waals surface area contributed by atoms with E-state index in [9.17, 15) is 9.59 Å². The zero-order valence-electron chi connectivity index (χ0n) is 8.53. The summed E-state index contributed by atoms with van der Waals surface area (Å²) >= 11 is 0. The molecule has 0 aliphatic heterocycles. The quantitative estimate of drug-likeness (QED) is 0.743. The minimum Gasteiger partial charge on any atom is -0.481 e. The molecule has 0 atom stereocenters. The van der Waals surface area contributed by atoms with Gasteiger partial charge in [-0.1, -0.05) is 20.3 Å². The molecule has 84 valence electrons. The van der Waals surface area contributed by atoms with E-state index in [1.165, 1.54) is 0 Å². The summed E-state index contributed by atoms with van der Waals surface area (Å²) in [5.41, 5.74) is 4.80. The van der Waals surface area contributed by atoms with E-state index >= 15 is 0 Å². The fourth-order valence-electron chi connectivity index (χ4n) is 0.655. The van der Waals surface area contributed by atoms with Crippen LogP contribution in [0.2, 0.25) is 0 Å². The zero-order valence-corrected chi connectivity index (χ0v) is 9.34. The fourth-order valence-corrected chi connectivity index (χ4v) is 0.655. The lowest BCUT2D eigenvalue weighted by molar-refractivity contribution is -0.144. The first-order valence-corrected chi connectivity index (χ1v) is 4.47. The Morgan fingerprint density at radius 3 is 1.71 bits per heavy atom. The fraction of sp³-hybridized carbons (Fsp3) is 0.778. The van der Waals surface area contributed by atoms with E-state index in [1.54, 1.807) is 13.8 Å². The highest BCUT2D eigenvalue weighted by molar-refractivity contribution is 5.85. The molecule has 1 saturated carbocycles. The lowest BCUT2D eigenvalue weighted by Crippen LogP contribution is -2.20. The van der Waals surface area contributed by atoms with Crippen LogP contribution < -0.4 is 5.73 Å². The van der Waals surface area contributed by atoms with Gasteiger partial charge in [0.2, 0.25) is 5.91 Å². The third kappa shape index (κ3) is 6.71. The number of nitrogens with two attached hydrogens (primary N) is 1. The average molecular weight is 224 g/mol. The topological polar surface area (TPSA) is 80.4 Å². The van der Waals surface area contributed by atoms with Gasteiger partial charge in [0.1, 0.15) is 0 Å². The lowest BCUT2D eigenvalue weighted by Gasteiger charge is -2.19. The molecule has 1 fully saturated rings. The van der Waals surface area contributed by atoms with E-state index in [0.29, 0.717) is 0 Å². The number of rotatable bonds is 2. The van der Waals surface area contributed by atoms with Crippen molar-refractivity contribution in [3.8, 4) is 0 Å². The van der Waals surface area contributed by atoms with Gasteiger partial charge in [0, 0.05) is 5.92 Å². The molecule has 1 rings (SSSR count). The second-order valence-corrected chi connectivity index (χ2v) is 3.52. The highest BCUT2D eigenvalue weighted by Crippen LogP contribution is 2.25. The number of amides is 1. The Morgan fingerprint density at radius 2 is 1.71 bits per heavy atom. The van der Waals surface area contributed by atoms with Crippen LogP contribution in [0.3, 0.4) is 0 Å². The molecular weight excluding hydrogens is 206 g/mol. The molecular formula is C9H18ClNO3. The predicted molar refractivity (Wildman–Crippen MR) is 56.3 cm³/mol. The Labute approximate surface area is 90.3 Å². The molecule has 3 N–H and O–H groups in total. The molecule has 1 aliphatic carbocycles. The Bertz CT molecular complexity index is 190. The molecule has 0 radical (unpaired) electrons. The molecule has 1 amide bonds. The Hall–Kier alpha value is -0.770. The molecule has 0 aromatic carbocycles. The number of hydrogen-bond acceptors (Lipinski definition) is 2. The van der Waals surface area contributed by atoms with Crippen LogP contribution in [0.4, 0.5) is 0 Å². The van der Waals surface area contributed by atoms with Crippen molar-refractivity contribution in [1.82, 2.24) is 0 Å². The molecule has 0 saturated heterocycles. The van der Waals surface area contributed by atoms with E-state index in [-0.39, 0.29) is 30.2 Å². The predicted octanol–water partition coefficient (Wildman–Crippen LogP) is 1.42. The zero-order chi connectivity index (χ0) is 10.4. The van der Waals surface area contributed by atoms with Crippen LogP contribution in [0.5, 0.6) is 0 Å². The van der Waals surface area contributed by atoms with Gasteiger partial charge >= 0.3 is 5.97 Å². The smallest absolute Gasteiger partial charge is 0.306 e. The standard InChI is InChI=1S/C5H8O2.C4H9NO.ClH/c6-5(7)4-2-1-3-4;1-3(2)4(5)6;/h4H,1-3H2,(H,6,7);3H,1-2H3,(H2,5,6);1H. The maximum absolute atomic E-state index is 9.98. The largest absolute Gasteiger partial charge is 0.481 e. The normalized spacial score (nSPS) is 14.5. The first-order valence-electron chi connectivity index (χ1n) is 4.47. The minimum atomic E-state index is -0.619. The molecule has 0 aromatic heterocycles. The van der Waals surface area contributed by atoms with Crippen LogP contribution in [-0.4, -0.2) is 17.0 Å². The summed E-state index contributed by atoms with van der Waals surface area (Å²) in [6, 6.07) is 0. The van der Waals surface area contributed by atoms with Gasteiger partial charge in [0.15, 0.2) is 0 Å². The van der Waals surface area contributed by atoms with Crippen molar-refractivity contribution in [2.24, 2.45) is 17.6 Å². The van der Waals surface area contributed by atoms with Crippen LogP contribution in [0.25, 0.3) is 0 Å². The molecule has 14 heavy (non-hydrogen) atoms. The average Bonchev–Trinajstić information content (AvgIpc) is 1.82. The summed E-state index contributed by atoms with van der Waals surface area (Å²) in [5.74, 6) is -0.869. The van der Waals surface area contributed by atoms with Crippen molar-refractivity contribution in [3.63, 3.8) is 0 Å². The van der Waals surface area contributed by atoms with E-state index in [2.05, 4.69) is 0 Å².